The van der Waals surface area contributed by atoms with Gasteiger partial charge in [0.05, 0.1) is 11.4 Å². The van der Waals surface area contributed by atoms with Gasteiger partial charge in [0.1, 0.15) is 0 Å². The molecule has 3 aromatic rings. The van der Waals surface area contributed by atoms with E-state index >= 15 is 0 Å². The second kappa shape index (κ2) is 4.61. The number of carboxylic acids is 1. The van der Waals surface area contributed by atoms with Gasteiger partial charge >= 0.3 is 5.97 Å². The highest BCUT2D eigenvalue weighted by molar-refractivity contribution is 6.30. The number of aromatic nitrogens is 3. The zero-order valence-electron chi connectivity index (χ0n) is 10.5. The normalized spacial score (nSPS) is 10.9. The Bertz CT molecular complexity index is 826. The summed E-state index contributed by atoms with van der Waals surface area (Å²) < 4.78 is 1.60. The Kier molecular flexibility index (Phi) is 2.91. The van der Waals surface area contributed by atoms with Crippen LogP contribution >= 0.6 is 11.6 Å². The predicted molar refractivity (Wildman–Crippen MR) is 75.6 cm³/mol. The van der Waals surface area contributed by atoms with Crippen molar-refractivity contribution < 1.29 is 9.90 Å². The van der Waals surface area contributed by atoms with Crippen LogP contribution in [0.4, 0.5) is 0 Å². The highest BCUT2D eigenvalue weighted by atomic mass is 35.5. The van der Waals surface area contributed by atoms with E-state index in [0.29, 0.717) is 10.7 Å². The Balaban J connectivity index is 2.30. The number of carbonyl (C=O) groups is 1. The topological polar surface area (TPSA) is 68.0 Å². The van der Waals surface area contributed by atoms with E-state index in [4.69, 9.17) is 16.7 Å². The maximum atomic E-state index is 11.0. The van der Waals surface area contributed by atoms with Gasteiger partial charge in [-0.2, -0.15) is 5.10 Å². The number of carboxylic acid groups (broad SMARTS) is 1. The summed E-state index contributed by atoms with van der Waals surface area (Å²) in [7, 11) is 0. The molecule has 0 bridgehead atoms. The van der Waals surface area contributed by atoms with Crippen molar-refractivity contribution >= 4 is 28.6 Å². The van der Waals surface area contributed by atoms with Crippen molar-refractivity contribution in [1.29, 1.82) is 0 Å². The summed E-state index contributed by atoms with van der Waals surface area (Å²) in [5, 5.41) is 14.8. The third kappa shape index (κ3) is 2.02. The minimum absolute atomic E-state index is 0.0133. The van der Waals surface area contributed by atoms with Gasteiger partial charge < -0.3 is 5.11 Å². The second-order valence-corrected chi connectivity index (χ2v) is 4.79. The first kappa shape index (κ1) is 12.6. The lowest BCUT2D eigenvalue weighted by molar-refractivity contribution is 0.0691. The van der Waals surface area contributed by atoms with Crippen LogP contribution in [0.25, 0.3) is 16.7 Å². The standard InChI is InChI=1S/C14H10ClN3O2/c1-8-11-5-6-12(14(19)20)16-13(11)18(17-8)10-4-2-3-9(15)7-10/h2-7H,1H3,(H,19,20). The molecule has 0 saturated heterocycles. The molecule has 2 heterocycles. The minimum Gasteiger partial charge on any atom is -0.477 e. The molecule has 0 unspecified atom stereocenters. The van der Waals surface area contributed by atoms with Crippen molar-refractivity contribution in [3.8, 4) is 5.69 Å². The fraction of sp³-hybridized carbons (Fsp3) is 0.0714. The van der Waals surface area contributed by atoms with Crippen LogP contribution in [0.1, 0.15) is 16.2 Å². The fourth-order valence-corrected chi connectivity index (χ4v) is 2.24. The van der Waals surface area contributed by atoms with Gasteiger partial charge in [0.2, 0.25) is 0 Å². The van der Waals surface area contributed by atoms with E-state index in [2.05, 4.69) is 10.1 Å². The van der Waals surface area contributed by atoms with Crippen molar-refractivity contribution in [3.05, 3.63) is 52.8 Å². The molecule has 0 radical (unpaired) electrons. The van der Waals surface area contributed by atoms with Crippen LogP contribution in [-0.4, -0.2) is 25.8 Å². The number of fused-ring (bicyclic) bond motifs is 1. The molecular weight excluding hydrogens is 278 g/mol. The lowest BCUT2D eigenvalue weighted by Crippen LogP contribution is -2.03. The monoisotopic (exact) mass is 287 g/mol. The molecule has 5 nitrogen and oxygen atoms in total. The first-order valence-corrected chi connectivity index (χ1v) is 6.29. The maximum absolute atomic E-state index is 11.0. The Morgan fingerprint density at radius 3 is 2.80 bits per heavy atom. The highest BCUT2D eigenvalue weighted by Gasteiger charge is 2.13. The van der Waals surface area contributed by atoms with E-state index in [9.17, 15) is 4.79 Å². The number of hydrogen-bond donors (Lipinski definition) is 1. The fourth-order valence-electron chi connectivity index (χ4n) is 2.05. The quantitative estimate of drug-likeness (QED) is 0.786. The summed E-state index contributed by atoms with van der Waals surface area (Å²) in [6.45, 7) is 1.85. The van der Waals surface area contributed by atoms with Crippen LogP contribution in [0.15, 0.2) is 36.4 Å². The van der Waals surface area contributed by atoms with Gasteiger partial charge in [0.25, 0.3) is 0 Å². The molecule has 0 aliphatic carbocycles. The molecule has 0 spiro atoms. The number of rotatable bonds is 2. The van der Waals surface area contributed by atoms with Crippen molar-refractivity contribution in [1.82, 2.24) is 14.8 Å². The molecule has 1 aromatic carbocycles. The number of hydrogen-bond acceptors (Lipinski definition) is 3. The van der Waals surface area contributed by atoms with Crippen LogP contribution < -0.4 is 0 Å². The summed E-state index contributed by atoms with van der Waals surface area (Å²) in [5.41, 5.74) is 2.01. The van der Waals surface area contributed by atoms with Gasteiger partial charge in [-0.15, -0.1) is 0 Å². The molecule has 0 aliphatic rings. The largest absolute Gasteiger partial charge is 0.477 e. The number of aromatic carboxylic acids is 1. The first-order chi connectivity index (χ1) is 9.56. The molecule has 20 heavy (non-hydrogen) atoms. The van der Waals surface area contributed by atoms with Crippen molar-refractivity contribution in [2.45, 2.75) is 6.92 Å². The van der Waals surface area contributed by atoms with Gasteiger partial charge in [-0.3, -0.25) is 0 Å². The molecule has 0 atom stereocenters. The van der Waals surface area contributed by atoms with Crippen LogP contribution in [0.5, 0.6) is 0 Å². The zero-order chi connectivity index (χ0) is 14.3. The molecule has 0 saturated carbocycles. The number of halogens is 1. The summed E-state index contributed by atoms with van der Waals surface area (Å²) in [4.78, 5) is 15.2. The Morgan fingerprint density at radius 1 is 1.30 bits per heavy atom. The third-order valence-corrected chi connectivity index (χ3v) is 3.22. The molecule has 6 heteroatoms. The van der Waals surface area contributed by atoms with Gasteiger partial charge in [-0.1, -0.05) is 17.7 Å². The van der Waals surface area contributed by atoms with Crippen molar-refractivity contribution in [2.24, 2.45) is 0 Å². The third-order valence-electron chi connectivity index (χ3n) is 2.99. The van der Waals surface area contributed by atoms with Crippen molar-refractivity contribution in [3.63, 3.8) is 0 Å². The van der Waals surface area contributed by atoms with E-state index in [-0.39, 0.29) is 5.69 Å². The zero-order valence-corrected chi connectivity index (χ0v) is 11.3. The van der Waals surface area contributed by atoms with E-state index in [1.165, 1.54) is 6.07 Å². The van der Waals surface area contributed by atoms with Gasteiger partial charge in [-0.05, 0) is 37.3 Å². The lowest BCUT2D eigenvalue weighted by Gasteiger charge is -2.03. The maximum Gasteiger partial charge on any atom is 0.354 e. The van der Waals surface area contributed by atoms with Crippen LogP contribution in [0, 0.1) is 6.92 Å². The van der Waals surface area contributed by atoms with Crippen LogP contribution in [0.2, 0.25) is 5.02 Å². The molecule has 3 rings (SSSR count). The molecule has 0 aliphatic heterocycles. The first-order valence-electron chi connectivity index (χ1n) is 5.92. The smallest absolute Gasteiger partial charge is 0.354 e. The SMILES string of the molecule is Cc1nn(-c2cccc(Cl)c2)c2nc(C(=O)O)ccc12. The highest BCUT2D eigenvalue weighted by Crippen LogP contribution is 2.22. The second-order valence-electron chi connectivity index (χ2n) is 4.35. The summed E-state index contributed by atoms with van der Waals surface area (Å²) in [5.74, 6) is -1.07. The Morgan fingerprint density at radius 2 is 2.10 bits per heavy atom. The Hall–Kier alpha value is -2.40. The predicted octanol–water partition coefficient (Wildman–Crippen LogP) is 3.08. The van der Waals surface area contributed by atoms with Gasteiger partial charge in [-0.25, -0.2) is 14.5 Å². The lowest BCUT2D eigenvalue weighted by atomic mass is 10.2. The molecule has 0 fully saturated rings. The summed E-state index contributed by atoms with van der Waals surface area (Å²) >= 11 is 5.98. The van der Waals surface area contributed by atoms with Gasteiger partial charge in [0, 0.05) is 10.4 Å². The number of nitrogens with zero attached hydrogens (tertiary/aromatic N) is 3. The van der Waals surface area contributed by atoms with Crippen LogP contribution in [0.3, 0.4) is 0 Å². The van der Waals surface area contributed by atoms with E-state index in [1.54, 1.807) is 22.9 Å². The molecule has 2 aromatic heterocycles. The molecule has 0 amide bonds. The summed E-state index contributed by atoms with van der Waals surface area (Å²) in [6, 6.07) is 10.4. The molecular formula is C14H10ClN3O2. The minimum atomic E-state index is -1.07. The van der Waals surface area contributed by atoms with Crippen molar-refractivity contribution in [2.75, 3.05) is 0 Å². The molecule has 1 N–H and O–H groups in total. The molecule has 100 valence electrons. The van der Waals surface area contributed by atoms with Crippen LogP contribution in [-0.2, 0) is 0 Å². The number of aryl methyl sites for hydroxylation is 1. The van der Waals surface area contributed by atoms with E-state index in [0.717, 1.165) is 16.8 Å². The number of benzene rings is 1. The summed E-state index contributed by atoms with van der Waals surface area (Å²) in [6.07, 6.45) is 0. The van der Waals surface area contributed by atoms with Gasteiger partial charge in [0.15, 0.2) is 11.3 Å². The van der Waals surface area contributed by atoms with E-state index in [1.807, 2.05) is 19.1 Å². The average molecular weight is 288 g/mol. The van der Waals surface area contributed by atoms with E-state index < -0.39 is 5.97 Å². The number of pyridine rings is 1. The average Bonchev–Trinajstić information content (AvgIpc) is 2.76. The Labute approximate surface area is 119 Å².